The summed E-state index contributed by atoms with van der Waals surface area (Å²) in [6, 6.07) is 14.3. The Balaban J connectivity index is 1.66. The van der Waals surface area contributed by atoms with Gasteiger partial charge < -0.3 is 15.2 Å². The maximum atomic E-state index is 12.6. The van der Waals surface area contributed by atoms with Gasteiger partial charge >= 0.3 is 6.03 Å². The zero-order valence-electron chi connectivity index (χ0n) is 17.1. The molecule has 1 saturated heterocycles. The fourth-order valence-electron chi connectivity index (χ4n) is 4.31. The van der Waals surface area contributed by atoms with Crippen molar-refractivity contribution < 1.29 is 19.1 Å². The first kappa shape index (κ1) is 20.2. The minimum Gasteiger partial charge on any atom is -0.493 e. The molecule has 0 aromatic heterocycles. The topological polar surface area (TPSA) is 85.1 Å². The lowest BCUT2D eigenvalue weighted by Gasteiger charge is -2.30. The molecule has 1 heterocycles. The van der Waals surface area contributed by atoms with Crippen molar-refractivity contribution in [3.05, 3.63) is 59.7 Å². The van der Waals surface area contributed by atoms with Gasteiger partial charge in [-0.3, -0.25) is 4.79 Å². The third-order valence-corrected chi connectivity index (χ3v) is 5.79. The lowest BCUT2D eigenvalue weighted by Crippen LogP contribution is -2.46. The number of ether oxygens (including phenoxy) is 2. The normalized spacial score (nSPS) is 20.0. The standard InChI is InChI=1S/C23H27N3O4/c1-29-20-12-11-17(13-21(20)30-18-9-5-6-10-18)19-14-22(27)26(23(24)28)25(19)15-16-7-3-2-4-8-16/h2-4,7-8,11-13,18-19H,5-6,9-10,14-15H2,1H3,(H2,24,28). The van der Waals surface area contributed by atoms with E-state index in [1.807, 2.05) is 48.5 Å². The number of primary amides is 1. The second-order valence-corrected chi connectivity index (χ2v) is 7.78. The van der Waals surface area contributed by atoms with Gasteiger partial charge in [0, 0.05) is 6.54 Å². The number of amides is 3. The van der Waals surface area contributed by atoms with Crippen LogP contribution in [0.3, 0.4) is 0 Å². The lowest BCUT2D eigenvalue weighted by atomic mass is 10.0. The van der Waals surface area contributed by atoms with Gasteiger partial charge in [-0.1, -0.05) is 36.4 Å². The number of hydrogen-bond acceptors (Lipinski definition) is 5. The molecule has 1 saturated carbocycles. The van der Waals surface area contributed by atoms with Crippen molar-refractivity contribution in [1.29, 1.82) is 0 Å². The van der Waals surface area contributed by atoms with Crippen LogP contribution in [0.1, 0.15) is 49.3 Å². The van der Waals surface area contributed by atoms with Gasteiger partial charge in [0.2, 0.25) is 5.91 Å². The van der Waals surface area contributed by atoms with Crippen LogP contribution >= 0.6 is 0 Å². The van der Waals surface area contributed by atoms with Crippen LogP contribution in [0.15, 0.2) is 48.5 Å². The van der Waals surface area contributed by atoms with E-state index in [1.165, 1.54) is 12.8 Å². The van der Waals surface area contributed by atoms with Crippen molar-refractivity contribution >= 4 is 11.9 Å². The number of urea groups is 1. The van der Waals surface area contributed by atoms with Crippen LogP contribution < -0.4 is 15.2 Å². The lowest BCUT2D eigenvalue weighted by molar-refractivity contribution is -0.133. The number of carbonyl (C=O) groups is 2. The molecule has 2 fully saturated rings. The van der Waals surface area contributed by atoms with Crippen LogP contribution in [0.2, 0.25) is 0 Å². The van der Waals surface area contributed by atoms with Crippen LogP contribution in [0.25, 0.3) is 0 Å². The molecule has 4 rings (SSSR count). The van der Waals surface area contributed by atoms with Gasteiger partial charge in [-0.05, 0) is 48.9 Å². The first-order valence-electron chi connectivity index (χ1n) is 10.3. The van der Waals surface area contributed by atoms with Crippen LogP contribution in [0.4, 0.5) is 4.79 Å². The summed E-state index contributed by atoms with van der Waals surface area (Å²) in [7, 11) is 1.62. The number of benzene rings is 2. The molecule has 2 aromatic rings. The molecule has 2 N–H and O–H groups in total. The van der Waals surface area contributed by atoms with Crippen molar-refractivity contribution in [2.45, 2.75) is 50.8 Å². The molecule has 3 amide bonds. The Morgan fingerprint density at radius 2 is 1.83 bits per heavy atom. The third-order valence-electron chi connectivity index (χ3n) is 5.79. The highest BCUT2D eigenvalue weighted by molar-refractivity contribution is 5.94. The third kappa shape index (κ3) is 4.11. The first-order valence-corrected chi connectivity index (χ1v) is 10.3. The Kier molecular flexibility index (Phi) is 5.90. The molecule has 1 aliphatic heterocycles. The van der Waals surface area contributed by atoms with Crippen LogP contribution in [-0.2, 0) is 11.3 Å². The molecule has 7 nitrogen and oxygen atoms in total. The number of imide groups is 1. The molecule has 7 heteroatoms. The maximum Gasteiger partial charge on any atom is 0.336 e. The summed E-state index contributed by atoms with van der Waals surface area (Å²) in [6.45, 7) is 0.394. The number of nitrogens with zero attached hydrogens (tertiary/aromatic N) is 2. The number of methoxy groups -OCH3 is 1. The Hall–Kier alpha value is -3.06. The monoisotopic (exact) mass is 409 g/mol. The zero-order chi connectivity index (χ0) is 21.1. The van der Waals surface area contributed by atoms with Gasteiger partial charge in [0.1, 0.15) is 0 Å². The van der Waals surface area contributed by atoms with E-state index >= 15 is 0 Å². The van der Waals surface area contributed by atoms with E-state index in [2.05, 4.69) is 0 Å². The molecule has 1 atom stereocenters. The maximum absolute atomic E-state index is 12.6. The second-order valence-electron chi connectivity index (χ2n) is 7.78. The average Bonchev–Trinajstić information content (AvgIpc) is 3.36. The van der Waals surface area contributed by atoms with Gasteiger partial charge in [0.25, 0.3) is 0 Å². The number of hydrogen-bond donors (Lipinski definition) is 1. The van der Waals surface area contributed by atoms with Gasteiger partial charge in [-0.15, -0.1) is 0 Å². The quantitative estimate of drug-likeness (QED) is 0.785. The highest BCUT2D eigenvalue weighted by Crippen LogP contribution is 2.39. The second kappa shape index (κ2) is 8.75. The predicted octanol–water partition coefficient (Wildman–Crippen LogP) is 3.79. The molecular formula is C23H27N3O4. The fraction of sp³-hybridized carbons (Fsp3) is 0.391. The molecule has 2 aliphatic rings. The number of hydrazine groups is 1. The zero-order valence-corrected chi connectivity index (χ0v) is 17.1. The molecule has 158 valence electrons. The molecule has 1 unspecified atom stereocenters. The molecular weight excluding hydrogens is 382 g/mol. The van der Waals surface area contributed by atoms with E-state index in [4.69, 9.17) is 15.2 Å². The summed E-state index contributed by atoms with van der Waals surface area (Å²) in [6.07, 6.45) is 4.76. The Labute approximate surface area is 176 Å². The average molecular weight is 409 g/mol. The van der Waals surface area contributed by atoms with E-state index in [9.17, 15) is 9.59 Å². The first-order chi connectivity index (χ1) is 14.6. The van der Waals surface area contributed by atoms with E-state index in [0.29, 0.717) is 18.0 Å². The van der Waals surface area contributed by atoms with Crippen LogP contribution in [0.5, 0.6) is 11.5 Å². The van der Waals surface area contributed by atoms with Gasteiger partial charge in [0.05, 0.1) is 25.7 Å². The summed E-state index contributed by atoms with van der Waals surface area (Å²) >= 11 is 0. The molecule has 0 spiro atoms. The molecule has 0 bridgehead atoms. The predicted molar refractivity (Wildman–Crippen MR) is 112 cm³/mol. The van der Waals surface area contributed by atoms with Crippen LogP contribution in [-0.4, -0.2) is 35.2 Å². The number of rotatable bonds is 6. The SMILES string of the molecule is COc1ccc(C2CC(=O)N(C(N)=O)N2Cc2ccccc2)cc1OC1CCCC1. The van der Waals surface area contributed by atoms with E-state index in [0.717, 1.165) is 29.0 Å². The van der Waals surface area contributed by atoms with Crippen LogP contribution in [0, 0.1) is 0 Å². The fourth-order valence-corrected chi connectivity index (χ4v) is 4.31. The Morgan fingerprint density at radius 1 is 1.10 bits per heavy atom. The van der Waals surface area contributed by atoms with Gasteiger partial charge in [-0.2, -0.15) is 10.0 Å². The summed E-state index contributed by atoms with van der Waals surface area (Å²) in [5, 5.41) is 2.79. The van der Waals surface area contributed by atoms with Gasteiger partial charge in [0.15, 0.2) is 11.5 Å². The van der Waals surface area contributed by atoms with Crippen molar-refractivity contribution in [1.82, 2.24) is 10.0 Å². The van der Waals surface area contributed by atoms with E-state index in [-0.39, 0.29) is 24.5 Å². The molecule has 1 aliphatic carbocycles. The number of carbonyl (C=O) groups excluding carboxylic acids is 2. The highest BCUT2D eigenvalue weighted by atomic mass is 16.5. The Bertz CT molecular complexity index is 912. The number of nitrogens with two attached hydrogens (primary N) is 1. The minimum atomic E-state index is -0.769. The molecule has 2 aromatic carbocycles. The van der Waals surface area contributed by atoms with Crippen molar-refractivity contribution in [2.24, 2.45) is 5.73 Å². The van der Waals surface area contributed by atoms with E-state index < -0.39 is 6.03 Å². The summed E-state index contributed by atoms with van der Waals surface area (Å²) in [5.74, 6) is 1.03. The molecule has 0 radical (unpaired) electrons. The minimum absolute atomic E-state index is 0.172. The Morgan fingerprint density at radius 3 is 2.50 bits per heavy atom. The highest BCUT2D eigenvalue weighted by Gasteiger charge is 2.41. The van der Waals surface area contributed by atoms with Gasteiger partial charge in [-0.25, -0.2) is 4.79 Å². The van der Waals surface area contributed by atoms with Crippen molar-refractivity contribution in [3.63, 3.8) is 0 Å². The smallest absolute Gasteiger partial charge is 0.336 e. The molecule has 30 heavy (non-hydrogen) atoms. The van der Waals surface area contributed by atoms with Crippen molar-refractivity contribution in [2.75, 3.05) is 7.11 Å². The summed E-state index contributed by atoms with van der Waals surface area (Å²) < 4.78 is 11.7. The van der Waals surface area contributed by atoms with E-state index in [1.54, 1.807) is 12.1 Å². The van der Waals surface area contributed by atoms with Crippen molar-refractivity contribution in [3.8, 4) is 11.5 Å². The summed E-state index contributed by atoms with van der Waals surface area (Å²) in [4.78, 5) is 24.6. The summed E-state index contributed by atoms with van der Waals surface area (Å²) in [5.41, 5.74) is 7.41. The largest absolute Gasteiger partial charge is 0.493 e.